The van der Waals surface area contributed by atoms with Crippen molar-refractivity contribution in [1.29, 1.82) is 0 Å². The van der Waals surface area contributed by atoms with Crippen LogP contribution in [-0.2, 0) is 14.3 Å². The summed E-state index contributed by atoms with van der Waals surface area (Å²) < 4.78 is 5.30. The summed E-state index contributed by atoms with van der Waals surface area (Å²) in [7, 11) is 0. The van der Waals surface area contributed by atoms with Crippen molar-refractivity contribution in [2.24, 2.45) is 11.3 Å². The fourth-order valence-corrected chi connectivity index (χ4v) is 2.65. The van der Waals surface area contributed by atoms with Gasteiger partial charge in [-0.2, -0.15) is 0 Å². The zero-order valence-electron chi connectivity index (χ0n) is 13.8. The molecule has 126 valence electrons. The topological polar surface area (TPSA) is 70.7 Å². The number of nitrogens with zero attached hydrogens (tertiary/aromatic N) is 1. The summed E-state index contributed by atoms with van der Waals surface area (Å²) in [6.45, 7) is 9.66. The van der Waals surface area contributed by atoms with Crippen molar-refractivity contribution in [3.63, 3.8) is 0 Å². The summed E-state index contributed by atoms with van der Waals surface area (Å²) in [6, 6.07) is 0. The number of hydrogen-bond donors (Lipinski definition) is 2. The third-order valence-electron chi connectivity index (χ3n) is 4.44. The molecule has 0 radical (unpaired) electrons. The van der Waals surface area contributed by atoms with Crippen molar-refractivity contribution in [1.82, 2.24) is 15.5 Å². The molecular formula is C16H29N3O3. The minimum atomic E-state index is -0.790. The molecule has 1 aliphatic carbocycles. The molecule has 0 bridgehead atoms. The van der Waals surface area contributed by atoms with Crippen molar-refractivity contribution in [3.05, 3.63) is 0 Å². The van der Waals surface area contributed by atoms with Gasteiger partial charge in [0.05, 0.1) is 13.2 Å². The summed E-state index contributed by atoms with van der Waals surface area (Å²) in [5.41, 5.74) is -0.790. The first-order chi connectivity index (χ1) is 10.5. The Labute approximate surface area is 132 Å². The van der Waals surface area contributed by atoms with E-state index in [0.717, 1.165) is 39.3 Å². The number of nitrogens with one attached hydrogen (secondary N) is 2. The van der Waals surface area contributed by atoms with Crippen molar-refractivity contribution < 1.29 is 14.3 Å². The van der Waals surface area contributed by atoms with Crippen LogP contribution >= 0.6 is 0 Å². The lowest BCUT2D eigenvalue weighted by molar-refractivity contribution is -0.137. The summed E-state index contributed by atoms with van der Waals surface area (Å²) >= 11 is 0. The van der Waals surface area contributed by atoms with Crippen molar-refractivity contribution >= 4 is 11.8 Å². The van der Waals surface area contributed by atoms with Gasteiger partial charge >= 0.3 is 0 Å². The number of rotatable bonds is 8. The molecule has 0 aromatic heterocycles. The maximum Gasteiger partial charge on any atom is 0.235 e. The second kappa shape index (κ2) is 7.92. The van der Waals surface area contributed by atoms with E-state index >= 15 is 0 Å². The molecule has 0 atom stereocenters. The number of carbonyl (C=O) groups excluding carboxylic acids is 2. The van der Waals surface area contributed by atoms with Gasteiger partial charge in [0.25, 0.3) is 0 Å². The van der Waals surface area contributed by atoms with E-state index in [-0.39, 0.29) is 11.8 Å². The SMILES string of the molecule is CC(C)CCNC(=O)C1(C(=O)NCCN2CCOCC2)CC1. The molecule has 2 N–H and O–H groups in total. The Morgan fingerprint density at radius 2 is 1.68 bits per heavy atom. The maximum atomic E-state index is 12.3. The Balaban J connectivity index is 1.68. The molecule has 1 saturated carbocycles. The Morgan fingerprint density at radius 3 is 2.23 bits per heavy atom. The molecule has 22 heavy (non-hydrogen) atoms. The molecule has 0 aromatic carbocycles. The zero-order chi connectivity index (χ0) is 16.0. The summed E-state index contributed by atoms with van der Waals surface area (Å²) in [5.74, 6) is 0.345. The van der Waals surface area contributed by atoms with Crippen LogP contribution in [-0.4, -0.2) is 62.7 Å². The zero-order valence-corrected chi connectivity index (χ0v) is 13.8. The lowest BCUT2D eigenvalue weighted by Crippen LogP contribution is -2.46. The minimum Gasteiger partial charge on any atom is -0.379 e. The van der Waals surface area contributed by atoms with Crippen LogP contribution in [0.4, 0.5) is 0 Å². The molecular weight excluding hydrogens is 282 g/mol. The smallest absolute Gasteiger partial charge is 0.235 e. The second-order valence-corrected chi connectivity index (χ2v) is 6.73. The molecule has 2 fully saturated rings. The molecule has 2 amide bonds. The summed E-state index contributed by atoms with van der Waals surface area (Å²) in [6.07, 6.45) is 2.29. The monoisotopic (exact) mass is 311 g/mol. The molecule has 1 aliphatic heterocycles. The van der Waals surface area contributed by atoms with Gasteiger partial charge in [0.2, 0.25) is 11.8 Å². The number of hydrogen-bond acceptors (Lipinski definition) is 4. The van der Waals surface area contributed by atoms with E-state index < -0.39 is 5.41 Å². The standard InChI is InChI=1S/C16H29N3O3/c1-13(2)3-6-17-14(20)16(4-5-16)15(21)18-7-8-19-9-11-22-12-10-19/h13H,3-12H2,1-2H3,(H,17,20)(H,18,21). The van der Waals surface area contributed by atoms with Crippen LogP contribution in [0.2, 0.25) is 0 Å². The summed E-state index contributed by atoms with van der Waals surface area (Å²) in [4.78, 5) is 26.8. The van der Waals surface area contributed by atoms with E-state index in [0.29, 0.717) is 31.8 Å². The van der Waals surface area contributed by atoms with Crippen LogP contribution in [0.15, 0.2) is 0 Å². The van der Waals surface area contributed by atoms with Crippen molar-refractivity contribution in [2.75, 3.05) is 45.9 Å². The number of morpholine rings is 1. The predicted molar refractivity (Wildman–Crippen MR) is 84.4 cm³/mol. The Kier molecular flexibility index (Phi) is 6.20. The second-order valence-electron chi connectivity index (χ2n) is 6.73. The van der Waals surface area contributed by atoms with E-state index in [1.807, 2.05) is 0 Å². The van der Waals surface area contributed by atoms with Gasteiger partial charge in [-0.1, -0.05) is 13.8 Å². The van der Waals surface area contributed by atoms with Gasteiger partial charge in [-0.05, 0) is 25.2 Å². The maximum absolute atomic E-state index is 12.3. The van der Waals surface area contributed by atoms with E-state index in [4.69, 9.17) is 4.74 Å². The molecule has 6 nitrogen and oxygen atoms in total. The highest BCUT2D eigenvalue weighted by molar-refractivity contribution is 6.07. The first-order valence-corrected chi connectivity index (χ1v) is 8.41. The van der Waals surface area contributed by atoms with Crippen LogP contribution < -0.4 is 10.6 Å². The lowest BCUT2D eigenvalue weighted by Gasteiger charge is -2.26. The minimum absolute atomic E-state index is 0.1000. The first kappa shape index (κ1) is 17.2. The van der Waals surface area contributed by atoms with Crippen LogP contribution in [0.5, 0.6) is 0 Å². The number of amides is 2. The normalized spacial score (nSPS) is 20.7. The molecule has 1 saturated heterocycles. The van der Waals surface area contributed by atoms with Gasteiger partial charge in [0.15, 0.2) is 0 Å². The fourth-order valence-electron chi connectivity index (χ4n) is 2.65. The Bertz CT molecular complexity index is 388. The van der Waals surface area contributed by atoms with Gasteiger partial charge in [-0.3, -0.25) is 14.5 Å². The average molecular weight is 311 g/mol. The number of ether oxygens (including phenoxy) is 1. The summed E-state index contributed by atoms with van der Waals surface area (Å²) in [5, 5.41) is 5.84. The van der Waals surface area contributed by atoms with Gasteiger partial charge in [-0.15, -0.1) is 0 Å². The molecule has 0 spiro atoms. The van der Waals surface area contributed by atoms with E-state index in [1.54, 1.807) is 0 Å². The Hall–Kier alpha value is -1.14. The van der Waals surface area contributed by atoms with Gasteiger partial charge in [0.1, 0.15) is 5.41 Å². The Morgan fingerprint density at radius 1 is 1.09 bits per heavy atom. The highest BCUT2D eigenvalue weighted by Gasteiger charge is 2.56. The third kappa shape index (κ3) is 4.68. The molecule has 2 rings (SSSR count). The molecule has 1 heterocycles. The number of carbonyl (C=O) groups is 2. The molecule has 0 aromatic rings. The van der Waals surface area contributed by atoms with Crippen molar-refractivity contribution in [2.45, 2.75) is 33.1 Å². The highest BCUT2D eigenvalue weighted by Crippen LogP contribution is 2.46. The first-order valence-electron chi connectivity index (χ1n) is 8.41. The van der Waals surface area contributed by atoms with Crippen LogP contribution in [0.3, 0.4) is 0 Å². The van der Waals surface area contributed by atoms with E-state index in [2.05, 4.69) is 29.4 Å². The molecule has 0 unspecified atom stereocenters. The molecule has 2 aliphatic rings. The van der Waals surface area contributed by atoms with Gasteiger partial charge < -0.3 is 15.4 Å². The van der Waals surface area contributed by atoms with Crippen LogP contribution in [0, 0.1) is 11.3 Å². The van der Waals surface area contributed by atoms with E-state index in [9.17, 15) is 9.59 Å². The highest BCUT2D eigenvalue weighted by atomic mass is 16.5. The average Bonchev–Trinajstić information content (AvgIpc) is 3.29. The fraction of sp³-hybridized carbons (Fsp3) is 0.875. The predicted octanol–water partition coefficient (Wildman–Crippen LogP) is 0.377. The molecule has 6 heteroatoms. The van der Waals surface area contributed by atoms with Gasteiger partial charge in [-0.25, -0.2) is 0 Å². The van der Waals surface area contributed by atoms with Gasteiger partial charge in [0, 0.05) is 32.7 Å². The quantitative estimate of drug-likeness (QED) is 0.636. The third-order valence-corrected chi connectivity index (χ3v) is 4.44. The van der Waals surface area contributed by atoms with Crippen LogP contribution in [0.1, 0.15) is 33.1 Å². The van der Waals surface area contributed by atoms with Crippen LogP contribution in [0.25, 0.3) is 0 Å². The van der Waals surface area contributed by atoms with E-state index in [1.165, 1.54) is 0 Å². The largest absolute Gasteiger partial charge is 0.379 e. The lowest BCUT2D eigenvalue weighted by atomic mass is 10.0. The van der Waals surface area contributed by atoms with Crippen molar-refractivity contribution in [3.8, 4) is 0 Å².